The molecule has 0 aromatic heterocycles. The molecule has 3 amide bonds. The van der Waals surface area contributed by atoms with Crippen molar-refractivity contribution in [2.75, 3.05) is 12.3 Å². The van der Waals surface area contributed by atoms with Crippen molar-refractivity contribution in [2.45, 2.75) is 58.5 Å². The highest BCUT2D eigenvalue weighted by Gasteiger charge is 2.26. The van der Waals surface area contributed by atoms with Crippen molar-refractivity contribution >= 4 is 17.6 Å². The zero-order chi connectivity index (χ0) is 18.1. The third-order valence-corrected chi connectivity index (χ3v) is 3.66. The Labute approximate surface area is 144 Å². The van der Waals surface area contributed by atoms with Gasteiger partial charge in [0.05, 0.1) is 6.04 Å². The van der Waals surface area contributed by atoms with Crippen LogP contribution in [0.3, 0.4) is 0 Å². The second kappa shape index (κ2) is 9.93. The van der Waals surface area contributed by atoms with Crippen molar-refractivity contribution in [2.24, 2.45) is 5.73 Å². The molecule has 1 rings (SSSR count). The molecular formula is C18H30N4O2. The van der Waals surface area contributed by atoms with Crippen LogP contribution in [0.4, 0.5) is 10.5 Å². The van der Waals surface area contributed by atoms with Crippen LogP contribution in [0.5, 0.6) is 0 Å². The lowest BCUT2D eigenvalue weighted by Gasteiger charge is -2.25. The SMILES string of the molecule is CCCCCN(C(=O)NC(C)C)C(=O)[C@@H](N)Cc1ccc(N)cc1. The summed E-state index contributed by atoms with van der Waals surface area (Å²) in [6.07, 6.45) is 3.14. The van der Waals surface area contributed by atoms with Gasteiger partial charge >= 0.3 is 6.03 Å². The Bertz CT molecular complexity index is 528. The molecule has 0 fully saturated rings. The summed E-state index contributed by atoms with van der Waals surface area (Å²) in [7, 11) is 0. The predicted octanol–water partition coefficient (Wildman–Crippen LogP) is 2.28. The highest BCUT2D eigenvalue weighted by Crippen LogP contribution is 2.10. The number of carbonyl (C=O) groups is 2. The first-order valence-electron chi connectivity index (χ1n) is 8.57. The molecule has 0 aliphatic heterocycles. The quantitative estimate of drug-likeness (QED) is 0.501. The molecular weight excluding hydrogens is 304 g/mol. The molecule has 6 nitrogen and oxygen atoms in total. The van der Waals surface area contributed by atoms with Crippen LogP contribution in [0.15, 0.2) is 24.3 Å². The number of nitrogen functional groups attached to an aromatic ring is 1. The Morgan fingerprint density at radius 1 is 1.17 bits per heavy atom. The summed E-state index contributed by atoms with van der Waals surface area (Å²) in [5, 5.41) is 2.77. The van der Waals surface area contributed by atoms with Crippen LogP contribution in [0.25, 0.3) is 0 Å². The highest BCUT2D eigenvalue weighted by atomic mass is 16.2. The number of hydrogen-bond donors (Lipinski definition) is 3. The molecule has 134 valence electrons. The van der Waals surface area contributed by atoms with Gasteiger partial charge in [-0.1, -0.05) is 31.9 Å². The van der Waals surface area contributed by atoms with Gasteiger partial charge in [0, 0.05) is 18.3 Å². The fourth-order valence-electron chi connectivity index (χ4n) is 2.35. The number of unbranched alkanes of at least 4 members (excludes halogenated alkanes) is 2. The summed E-state index contributed by atoms with van der Waals surface area (Å²) in [4.78, 5) is 26.2. The van der Waals surface area contributed by atoms with E-state index < -0.39 is 6.04 Å². The minimum absolute atomic E-state index is 0.0349. The fraction of sp³-hybridized carbons (Fsp3) is 0.556. The molecule has 0 unspecified atom stereocenters. The number of nitrogens with two attached hydrogens (primary N) is 2. The summed E-state index contributed by atoms with van der Waals surface area (Å²) in [6.45, 7) is 6.19. The second-order valence-electron chi connectivity index (χ2n) is 6.35. The third kappa shape index (κ3) is 6.58. The fourth-order valence-corrected chi connectivity index (χ4v) is 2.35. The standard InChI is InChI=1S/C18H30N4O2/c1-4-5-6-11-22(18(24)21-13(2)3)17(23)16(20)12-14-7-9-15(19)10-8-14/h7-10,13,16H,4-6,11-12,19-20H2,1-3H3,(H,21,24)/t16-/m0/s1. The number of benzene rings is 1. The van der Waals surface area contributed by atoms with Crippen molar-refractivity contribution in [1.29, 1.82) is 0 Å². The van der Waals surface area contributed by atoms with E-state index in [1.54, 1.807) is 12.1 Å². The Kier molecular flexibility index (Phi) is 8.26. The minimum Gasteiger partial charge on any atom is -0.399 e. The molecule has 0 saturated carbocycles. The molecule has 0 aliphatic rings. The molecule has 0 radical (unpaired) electrons. The summed E-state index contributed by atoms with van der Waals surface area (Å²) in [5.74, 6) is -0.346. The molecule has 1 aromatic rings. The molecule has 5 N–H and O–H groups in total. The van der Waals surface area contributed by atoms with Gasteiger partial charge in [-0.25, -0.2) is 4.79 Å². The van der Waals surface area contributed by atoms with Gasteiger partial charge < -0.3 is 16.8 Å². The number of nitrogens with zero attached hydrogens (tertiary/aromatic N) is 1. The Hall–Kier alpha value is -2.08. The zero-order valence-electron chi connectivity index (χ0n) is 14.9. The third-order valence-electron chi connectivity index (χ3n) is 3.66. The van der Waals surface area contributed by atoms with Gasteiger partial charge in [0.1, 0.15) is 0 Å². The monoisotopic (exact) mass is 334 g/mol. The number of anilines is 1. The zero-order valence-corrected chi connectivity index (χ0v) is 14.9. The molecule has 24 heavy (non-hydrogen) atoms. The molecule has 6 heteroatoms. The number of nitrogens with one attached hydrogen (secondary N) is 1. The number of imide groups is 1. The van der Waals surface area contributed by atoms with Crippen LogP contribution >= 0.6 is 0 Å². The van der Waals surface area contributed by atoms with E-state index in [4.69, 9.17) is 11.5 Å². The van der Waals surface area contributed by atoms with Crippen LogP contribution < -0.4 is 16.8 Å². The van der Waals surface area contributed by atoms with Gasteiger partial charge in [-0.05, 0) is 44.4 Å². The topological polar surface area (TPSA) is 101 Å². The number of carbonyl (C=O) groups excluding carboxylic acids is 2. The van der Waals surface area contributed by atoms with Crippen molar-refractivity contribution in [3.63, 3.8) is 0 Å². The van der Waals surface area contributed by atoms with Gasteiger partial charge in [-0.2, -0.15) is 0 Å². The maximum absolute atomic E-state index is 12.6. The molecule has 0 bridgehead atoms. The second-order valence-corrected chi connectivity index (χ2v) is 6.35. The summed E-state index contributed by atoms with van der Waals surface area (Å²) in [5.41, 5.74) is 13.3. The lowest BCUT2D eigenvalue weighted by molar-refractivity contribution is -0.129. The average Bonchev–Trinajstić information content (AvgIpc) is 2.52. The normalized spacial score (nSPS) is 12.0. The van der Waals surface area contributed by atoms with E-state index in [0.29, 0.717) is 18.7 Å². The average molecular weight is 334 g/mol. The van der Waals surface area contributed by atoms with E-state index in [1.807, 2.05) is 26.0 Å². The largest absolute Gasteiger partial charge is 0.399 e. The van der Waals surface area contributed by atoms with Gasteiger partial charge in [0.2, 0.25) is 5.91 Å². The van der Waals surface area contributed by atoms with Crippen LogP contribution in [0.1, 0.15) is 45.6 Å². The number of amides is 3. The highest BCUT2D eigenvalue weighted by molar-refractivity contribution is 5.97. The van der Waals surface area contributed by atoms with Crippen molar-refractivity contribution in [3.05, 3.63) is 29.8 Å². The minimum atomic E-state index is -0.756. The summed E-state index contributed by atoms with van der Waals surface area (Å²) >= 11 is 0. The van der Waals surface area contributed by atoms with Crippen molar-refractivity contribution < 1.29 is 9.59 Å². The van der Waals surface area contributed by atoms with Gasteiger partial charge in [-0.3, -0.25) is 9.69 Å². The Morgan fingerprint density at radius 3 is 2.33 bits per heavy atom. The predicted molar refractivity (Wildman–Crippen MR) is 97.4 cm³/mol. The first-order chi connectivity index (χ1) is 11.3. The number of hydrogen-bond acceptors (Lipinski definition) is 4. The van der Waals surface area contributed by atoms with E-state index in [0.717, 1.165) is 24.8 Å². The Balaban J connectivity index is 2.76. The molecule has 0 spiro atoms. The first-order valence-corrected chi connectivity index (χ1v) is 8.57. The van der Waals surface area contributed by atoms with E-state index in [-0.39, 0.29) is 18.0 Å². The molecule has 1 atom stereocenters. The van der Waals surface area contributed by atoms with E-state index >= 15 is 0 Å². The maximum Gasteiger partial charge on any atom is 0.324 e. The molecule has 0 aliphatic carbocycles. The summed E-state index contributed by atoms with van der Waals surface area (Å²) in [6, 6.07) is 6.07. The summed E-state index contributed by atoms with van der Waals surface area (Å²) < 4.78 is 0. The maximum atomic E-state index is 12.6. The Morgan fingerprint density at radius 2 is 1.79 bits per heavy atom. The number of rotatable bonds is 8. The van der Waals surface area contributed by atoms with Crippen molar-refractivity contribution in [3.8, 4) is 0 Å². The van der Waals surface area contributed by atoms with Crippen LogP contribution in [0.2, 0.25) is 0 Å². The van der Waals surface area contributed by atoms with Gasteiger partial charge in [-0.15, -0.1) is 0 Å². The smallest absolute Gasteiger partial charge is 0.324 e. The lowest BCUT2D eigenvalue weighted by atomic mass is 10.0. The van der Waals surface area contributed by atoms with Crippen LogP contribution in [-0.4, -0.2) is 35.5 Å². The lowest BCUT2D eigenvalue weighted by Crippen LogP contribution is -2.52. The van der Waals surface area contributed by atoms with E-state index in [2.05, 4.69) is 12.2 Å². The van der Waals surface area contributed by atoms with Gasteiger partial charge in [0.25, 0.3) is 0 Å². The van der Waals surface area contributed by atoms with Crippen molar-refractivity contribution in [1.82, 2.24) is 10.2 Å². The molecule has 1 aromatic carbocycles. The molecule has 0 heterocycles. The number of urea groups is 1. The van der Waals surface area contributed by atoms with Gasteiger partial charge in [0.15, 0.2) is 0 Å². The first kappa shape index (κ1) is 20.0. The molecule has 0 saturated heterocycles. The van der Waals surface area contributed by atoms with Crippen LogP contribution in [0, 0.1) is 0 Å². The van der Waals surface area contributed by atoms with Crippen LogP contribution in [-0.2, 0) is 11.2 Å². The van der Waals surface area contributed by atoms with E-state index in [1.165, 1.54) is 4.90 Å². The van der Waals surface area contributed by atoms with E-state index in [9.17, 15) is 9.59 Å².